The number of halogens is 1. The minimum Gasteiger partial charge on any atom is -0.351 e. The number of hydrogen-bond acceptors (Lipinski definition) is 3. The van der Waals surface area contributed by atoms with E-state index in [4.69, 9.17) is 0 Å². The van der Waals surface area contributed by atoms with Gasteiger partial charge in [-0.05, 0) is 26.0 Å². The minimum atomic E-state index is 0.466. The molecular weight excluding hydrogens is 302 g/mol. The van der Waals surface area contributed by atoms with E-state index in [0.29, 0.717) is 12.1 Å². The van der Waals surface area contributed by atoms with Crippen molar-refractivity contribution in [2.75, 3.05) is 18.0 Å². The molecule has 100 valence electrons. The highest BCUT2D eigenvalue weighted by atomic mass is 79.9. The predicted molar refractivity (Wildman–Crippen MR) is 83.7 cm³/mol. The third kappa shape index (κ3) is 2.35. The van der Waals surface area contributed by atoms with Crippen molar-refractivity contribution in [1.82, 2.24) is 10.3 Å². The van der Waals surface area contributed by atoms with Crippen molar-refractivity contribution in [1.29, 1.82) is 0 Å². The molecule has 1 aromatic heterocycles. The van der Waals surface area contributed by atoms with Crippen LogP contribution in [0.1, 0.15) is 13.8 Å². The van der Waals surface area contributed by atoms with Crippen LogP contribution in [0.2, 0.25) is 0 Å². The van der Waals surface area contributed by atoms with Crippen LogP contribution in [0, 0.1) is 0 Å². The van der Waals surface area contributed by atoms with Crippen LogP contribution >= 0.6 is 15.9 Å². The Kier molecular flexibility index (Phi) is 3.46. The first-order valence-corrected chi connectivity index (χ1v) is 7.49. The average Bonchev–Trinajstić information content (AvgIpc) is 2.42. The van der Waals surface area contributed by atoms with E-state index in [1.165, 1.54) is 10.8 Å². The molecule has 3 rings (SSSR count). The summed E-state index contributed by atoms with van der Waals surface area (Å²) in [4.78, 5) is 7.05. The molecule has 2 heterocycles. The number of fused-ring (bicyclic) bond motifs is 1. The van der Waals surface area contributed by atoms with E-state index in [1.807, 2.05) is 6.20 Å². The fourth-order valence-corrected chi connectivity index (χ4v) is 3.20. The highest BCUT2D eigenvalue weighted by Crippen LogP contribution is 2.31. The third-order valence-corrected chi connectivity index (χ3v) is 4.46. The van der Waals surface area contributed by atoms with Gasteiger partial charge < -0.3 is 10.2 Å². The summed E-state index contributed by atoms with van der Waals surface area (Å²) < 4.78 is 1.13. The fourth-order valence-electron chi connectivity index (χ4n) is 2.70. The Labute approximate surface area is 122 Å². The maximum atomic E-state index is 4.63. The van der Waals surface area contributed by atoms with Gasteiger partial charge in [0.1, 0.15) is 5.82 Å². The molecule has 1 fully saturated rings. The van der Waals surface area contributed by atoms with Gasteiger partial charge in [-0.1, -0.05) is 28.1 Å². The van der Waals surface area contributed by atoms with Gasteiger partial charge in [0, 0.05) is 46.6 Å². The Morgan fingerprint density at radius 2 is 2.11 bits per heavy atom. The summed E-state index contributed by atoms with van der Waals surface area (Å²) in [5.41, 5.74) is 0. The Hall–Kier alpha value is -1.13. The first-order chi connectivity index (χ1) is 9.16. The molecule has 0 amide bonds. The van der Waals surface area contributed by atoms with Crippen LogP contribution < -0.4 is 10.2 Å². The van der Waals surface area contributed by atoms with Crippen molar-refractivity contribution in [3.05, 3.63) is 34.9 Å². The largest absolute Gasteiger partial charge is 0.351 e. The number of pyridine rings is 1. The second-order valence-corrected chi connectivity index (χ2v) is 6.13. The monoisotopic (exact) mass is 319 g/mol. The lowest BCUT2D eigenvalue weighted by Crippen LogP contribution is -2.54. The maximum Gasteiger partial charge on any atom is 0.136 e. The van der Waals surface area contributed by atoms with E-state index in [9.17, 15) is 0 Å². The van der Waals surface area contributed by atoms with Crippen LogP contribution in [0.5, 0.6) is 0 Å². The van der Waals surface area contributed by atoms with Gasteiger partial charge in [-0.25, -0.2) is 4.98 Å². The minimum absolute atomic E-state index is 0.466. The van der Waals surface area contributed by atoms with Crippen molar-refractivity contribution in [3.8, 4) is 0 Å². The molecule has 0 spiro atoms. The van der Waals surface area contributed by atoms with Gasteiger partial charge in [0.05, 0.1) is 0 Å². The summed E-state index contributed by atoms with van der Waals surface area (Å²) in [6.07, 6.45) is 1.90. The standard InChI is InChI=1S/C15H18BrN3/c1-10-9-19(11(2)8-18-10)15-13-4-3-5-14(16)12(13)6-7-17-15/h3-7,10-11,18H,8-9H2,1-2H3. The van der Waals surface area contributed by atoms with Crippen LogP contribution in [-0.2, 0) is 0 Å². The number of nitrogens with zero attached hydrogens (tertiary/aromatic N) is 2. The van der Waals surface area contributed by atoms with Crippen molar-refractivity contribution in [3.63, 3.8) is 0 Å². The van der Waals surface area contributed by atoms with Crippen LogP contribution in [0.25, 0.3) is 10.8 Å². The summed E-state index contributed by atoms with van der Waals surface area (Å²) in [6, 6.07) is 9.35. The van der Waals surface area contributed by atoms with E-state index in [-0.39, 0.29) is 0 Å². The Morgan fingerprint density at radius 1 is 1.26 bits per heavy atom. The Balaban J connectivity index is 2.11. The van der Waals surface area contributed by atoms with Gasteiger partial charge in [0.25, 0.3) is 0 Å². The molecule has 0 aliphatic carbocycles. The molecule has 0 radical (unpaired) electrons. The molecule has 1 saturated heterocycles. The molecule has 0 saturated carbocycles. The van der Waals surface area contributed by atoms with E-state index >= 15 is 0 Å². The molecule has 1 aromatic carbocycles. The highest BCUT2D eigenvalue weighted by Gasteiger charge is 2.24. The first kappa shape index (κ1) is 12.9. The van der Waals surface area contributed by atoms with Gasteiger partial charge >= 0.3 is 0 Å². The number of piperazine rings is 1. The molecule has 3 nitrogen and oxygen atoms in total. The summed E-state index contributed by atoms with van der Waals surface area (Å²) in [6.45, 7) is 6.48. The number of anilines is 1. The normalized spacial score (nSPS) is 23.8. The number of hydrogen-bond donors (Lipinski definition) is 1. The predicted octanol–water partition coefficient (Wildman–Crippen LogP) is 3.18. The lowest BCUT2D eigenvalue weighted by Gasteiger charge is -2.38. The summed E-state index contributed by atoms with van der Waals surface area (Å²) in [5, 5.41) is 5.96. The molecular formula is C15H18BrN3. The number of benzene rings is 1. The Bertz CT molecular complexity index is 599. The van der Waals surface area contributed by atoms with E-state index < -0.39 is 0 Å². The Morgan fingerprint density at radius 3 is 2.95 bits per heavy atom. The SMILES string of the molecule is CC1CN(c2nccc3c(Br)cccc23)C(C)CN1. The maximum absolute atomic E-state index is 4.63. The molecule has 2 aromatic rings. The van der Waals surface area contributed by atoms with E-state index in [1.54, 1.807) is 0 Å². The zero-order valence-corrected chi connectivity index (χ0v) is 12.8. The van der Waals surface area contributed by atoms with Gasteiger partial charge in [0.2, 0.25) is 0 Å². The zero-order valence-electron chi connectivity index (χ0n) is 11.2. The molecule has 2 unspecified atom stereocenters. The summed E-state index contributed by atoms with van der Waals surface area (Å²) >= 11 is 3.62. The number of nitrogens with one attached hydrogen (secondary N) is 1. The van der Waals surface area contributed by atoms with E-state index in [2.05, 4.69) is 69.2 Å². The molecule has 0 bridgehead atoms. The lowest BCUT2D eigenvalue weighted by molar-refractivity contribution is 0.423. The quantitative estimate of drug-likeness (QED) is 0.875. The van der Waals surface area contributed by atoms with Crippen LogP contribution in [-0.4, -0.2) is 30.2 Å². The van der Waals surface area contributed by atoms with Crippen molar-refractivity contribution in [2.24, 2.45) is 0 Å². The van der Waals surface area contributed by atoms with Gasteiger partial charge in [-0.15, -0.1) is 0 Å². The average molecular weight is 320 g/mol. The smallest absolute Gasteiger partial charge is 0.136 e. The lowest BCUT2D eigenvalue weighted by atomic mass is 10.1. The zero-order chi connectivity index (χ0) is 13.4. The van der Waals surface area contributed by atoms with Crippen molar-refractivity contribution in [2.45, 2.75) is 25.9 Å². The summed E-state index contributed by atoms with van der Waals surface area (Å²) in [5.74, 6) is 1.10. The van der Waals surface area contributed by atoms with E-state index in [0.717, 1.165) is 23.4 Å². The molecule has 1 aliphatic heterocycles. The number of rotatable bonds is 1. The van der Waals surface area contributed by atoms with Crippen LogP contribution in [0.4, 0.5) is 5.82 Å². The fraction of sp³-hybridized carbons (Fsp3) is 0.400. The van der Waals surface area contributed by atoms with Crippen LogP contribution in [0.15, 0.2) is 34.9 Å². The topological polar surface area (TPSA) is 28.2 Å². The first-order valence-electron chi connectivity index (χ1n) is 6.70. The molecule has 19 heavy (non-hydrogen) atoms. The molecule has 4 heteroatoms. The molecule has 1 aliphatic rings. The van der Waals surface area contributed by atoms with Crippen LogP contribution in [0.3, 0.4) is 0 Å². The number of aromatic nitrogens is 1. The molecule has 2 atom stereocenters. The van der Waals surface area contributed by atoms with Crippen molar-refractivity contribution >= 4 is 32.5 Å². The second kappa shape index (κ2) is 5.10. The van der Waals surface area contributed by atoms with Crippen molar-refractivity contribution < 1.29 is 0 Å². The van der Waals surface area contributed by atoms with Gasteiger partial charge in [0.15, 0.2) is 0 Å². The molecule has 1 N–H and O–H groups in total. The second-order valence-electron chi connectivity index (χ2n) is 5.28. The summed E-state index contributed by atoms with van der Waals surface area (Å²) in [7, 11) is 0. The highest BCUT2D eigenvalue weighted by molar-refractivity contribution is 9.10. The van der Waals surface area contributed by atoms with Gasteiger partial charge in [-0.2, -0.15) is 0 Å². The van der Waals surface area contributed by atoms with Gasteiger partial charge in [-0.3, -0.25) is 0 Å². The third-order valence-electron chi connectivity index (χ3n) is 3.77.